The summed E-state index contributed by atoms with van der Waals surface area (Å²) in [5.41, 5.74) is 7.87. The SMILES string of the molecule is Cc1cccc(C)c1OCCC(C)(C)C(N)=S. The normalized spacial score (nSPS) is 11.3. The Hall–Kier alpha value is -1.09. The predicted octanol–water partition coefficient (Wildman–Crippen LogP) is 3.38. The fraction of sp³-hybridized carbons (Fsp3) is 0.500. The van der Waals surface area contributed by atoms with Gasteiger partial charge in [-0.25, -0.2) is 0 Å². The maximum Gasteiger partial charge on any atom is 0.125 e. The van der Waals surface area contributed by atoms with E-state index in [0.717, 1.165) is 23.3 Å². The van der Waals surface area contributed by atoms with Gasteiger partial charge in [-0.05, 0) is 31.4 Å². The molecule has 0 aliphatic carbocycles. The number of thiocarbonyl (C=S) groups is 1. The fourth-order valence-corrected chi connectivity index (χ4v) is 1.66. The third-order valence-corrected chi connectivity index (χ3v) is 3.60. The Balaban J connectivity index is 2.60. The van der Waals surface area contributed by atoms with Gasteiger partial charge in [0.1, 0.15) is 5.75 Å². The lowest BCUT2D eigenvalue weighted by atomic mass is 9.90. The van der Waals surface area contributed by atoms with Crippen molar-refractivity contribution in [2.75, 3.05) is 6.61 Å². The van der Waals surface area contributed by atoms with E-state index in [0.29, 0.717) is 11.6 Å². The minimum Gasteiger partial charge on any atom is -0.493 e. The standard InChI is InChI=1S/C14H21NOS/c1-10-6-5-7-11(2)12(10)16-9-8-14(3,4)13(15)17/h5-7H,8-9H2,1-4H3,(H2,15,17). The van der Waals surface area contributed by atoms with Crippen LogP contribution >= 0.6 is 12.2 Å². The Labute approximate surface area is 109 Å². The summed E-state index contributed by atoms with van der Waals surface area (Å²) in [6, 6.07) is 6.15. The van der Waals surface area contributed by atoms with Crippen LogP contribution in [0.15, 0.2) is 18.2 Å². The van der Waals surface area contributed by atoms with Gasteiger partial charge in [-0.3, -0.25) is 0 Å². The third kappa shape index (κ3) is 3.70. The molecule has 2 nitrogen and oxygen atoms in total. The maximum absolute atomic E-state index is 5.84. The molecule has 0 aliphatic rings. The lowest BCUT2D eigenvalue weighted by Crippen LogP contribution is -2.31. The van der Waals surface area contributed by atoms with E-state index < -0.39 is 0 Å². The number of rotatable bonds is 5. The third-order valence-electron chi connectivity index (χ3n) is 3.05. The van der Waals surface area contributed by atoms with Crippen molar-refractivity contribution in [1.29, 1.82) is 0 Å². The second-order valence-corrected chi connectivity index (χ2v) is 5.51. The molecule has 1 aromatic rings. The van der Waals surface area contributed by atoms with Gasteiger partial charge in [0.25, 0.3) is 0 Å². The number of hydrogen-bond acceptors (Lipinski definition) is 2. The zero-order valence-electron chi connectivity index (χ0n) is 11.0. The summed E-state index contributed by atoms with van der Waals surface area (Å²) in [5, 5.41) is 0. The molecule has 0 saturated carbocycles. The van der Waals surface area contributed by atoms with Crippen molar-refractivity contribution >= 4 is 17.2 Å². The molecule has 2 N–H and O–H groups in total. The first-order chi connectivity index (χ1) is 7.84. The molecule has 0 aliphatic heterocycles. The highest BCUT2D eigenvalue weighted by molar-refractivity contribution is 7.80. The Bertz CT molecular complexity index is 392. The number of ether oxygens (including phenoxy) is 1. The highest BCUT2D eigenvalue weighted by Gasteiger charge is 2.21. The van der Waals surface area contributed by atoms with Crippen LogP contribution in [-0.4, -0.2) is 11.6 Å². The van der Waals surface area contributed by atoms with E-state index in [2.05, 4.69) is 26.0 Å². The van der Waals surface area contributed by atoms with Crippen LogP contribution in [0.3, 0.4) is 0 Å². The van der Waals surface area contributed by atoms with Crippen molar-refractivity contribution in [2.24, 2.45) is 11.1 Å². The van der Waals surface area contributed by atoms with E-state index in [1.165, 1.54) is 0 Å². The van der Waals surface area contributed by atoms with Crippen LogP contribution in [0, 0.1) is 19.3 Å². The molecule has 0 spiro atoms. The number of para-hydroxylation sites is 1. The molecule has 1 aromatic carbocycles. The number of aryl methyl sites for hydroxylation is 2. The highest BCUT2D eigenvalue weighted by Crippen LogP contribution is 2.25. The maximum atomic E-state index is 5.84. The lowest BCUT2D eigenvalue weighted by molar-refractivity contribution is 0.267. The molecule has 0 amide bonds. The van der Waals surface area contributed by atoms with E-state index in [1.54, 1.807) is 0 Å². The van der Waals surface area contributed by atoms with Crippen LogP contribution in [0.25, 0.3) is 0 Å². The second kappa shape index (κ2) is 5.50. The molecule has 0 aromatic heterocycles. The van der Waals surface area contributed by atoms with Crippen molar-refractivity contribution in [2.45, 2.75) is 34.1 Å². The Kier molecular flexibility index (Phi) is 4.52. The first-order valence-corrected chi connectivity index (χ1v) is 6.24. The Morgan fingerprint density at radius 1 is 1.29 bits per heavy atom. The molecular formula is C14H21NOS. The van der Waals surface area contributed by atoms with Gasteiger partial charge in [0, 0.05) is 5.41 Å². The van der Waals surface area contributed by atoms with Crippen LogP contribution in [0.4, 0.5) is 0 Å². The zero-order chi connectivity index (χ0) is 13.1. The molecule has 0 bridgehead atoms. The summed E-state index contributed by atoms with van der Waals surface area (Å²) in [5.74, 6) is 0.978. The van der Waals surface area contributed by atoms with Gasteiger partial charge >= 0.3 is 0 Å². The monoisotopic (exact) mass is 251 g/mol. The van der Waals surface area contributed by atoms with Crippen LogP contribution in [0.1, 0.15) is 31.4 Å². The van der Waals surface area contributed by atoms with Crippen LogP contribution in [-0.2, 0) is 0 Å². The number of hydrogen-bond donors (Lipinski definition) is 1. The average molecular weight is 251 g/mol. The lowest BCUT2D eigenvalue weighted by Gasteiger charge is -2.23. The molecule has 0 fully saturated rings. The van der Waals surface area contributed by atoms with Gasteiger partial charge < -0.3 is 10.5 Å². The van der Waals surface area contributed by atoms with Crippen molar-refractivity contribution in [3.8, 4) is 5.75 Å². The zero-order valence-corrected chi connectivity index (χ0v) is 11.9. The molecule has 0 radical (unpaired) electrons. The van der Waals surface area contributed by atoms with Gasteiger partial charge in [0.05, 0.1) is 11.6 Å². The summed E-state index contributed by atoms with van der Waals surface area (Å²) in [6.45, 7) is 8.84. The molecule has 0 saturated heterocycles. The Morgan fingerprint density at radius 2 is 1.82 bits per heavy atom. The molecule has 0 atom stereocenters. The molecular weight excluding hydrogens is 230 g/mol. The van der Waals surface area contributed by atoms with Gasteiger partial charge in [-0.1, -0.05) is 44.3 Å². The predicted molar refractivity (Wildman–Crippen MR) is 76.6 cm³/mol. The molecule has 94 valence electrons. The molecule has 1 rings (SSSR count). The summed E-state index contributed by atoms with van der Waals surface area (Å²) in [6.07, 6.45) is 0.829. The summed E-state index contributed by atoms with van der Waals surface area (Å²) in [7, 11) is 0. The Morgan fingerprint density at radius 3 is 2.29 bits per heavy atom. The molecule has 0 heterocycles. The van der Waals surface area contributed by atoms with E-state index in [4.69, 9.17) is 22.7 Å². The first kappa shape index (κ1) is 14.0. The van der Waals surface area contributed by atoms with Gasteiger partial charge in [-0.15, -0.1) is 0 Å². The summed E-state index contributed by atoms with van der Waals surface area (Å²) in [4.78, 5) is 0.544. The summed E-state index contributed by atoms with van der Waals surface area (Å²) < 4.78 is 5.84. The highest BCUT2D eigenvalue weighted by atomic mass is 32.1. The smallest absolute Gasteiger partial charge is 0.125 e. The first-order valence-electron chi connectivity index (χ1n) is 5.83. The van der Waals surface area contributed by atoms with Crippen molar-refractivity contribution in [3.63, 3.8) is 0 Å². The van der Waals surface area contributed by atoms with Gasteiger partial charge in [-0.2, -0.15) is 0 Å². The molecule has 3 heteroatoms. The average Bonchev–Trinajstić information content (AvgIpc) is 2.22. The number of nitrogens with two attached hydrogens (primary N) is 1. The van der Waals surface area contributed by atoms with Gasteiger partial charge in [0.15, 0.2) is 0 Å². The second-order valence-electron chi connectivity index (χ2n) is 5.07. The van der Waals surface area contributed by atoms with Crippen molar-refractivity contribution < 1.29 is 4.74 Å². The van der Waals surface area contributed by atoms with Crippen molar-refractivity contribution in [3.05, 3.63) is 29.3 Å². The molecule has 17 heavy (non-hydrogen) atoms. The van der Waals surface area contributed by atoms with E-state index in [9.17, 15) is 0 Å². The van der Waals surface area contributed by atoms with E-state index >= 15 is 0 Å². The minimum absolute atomic E-state index is 0.147. The van der Waals surface area contributed by atoms with E-state index in [1.807, 2.05) is 19.9 Å². The van der Waals surface area contributed by atoms with Gasteiger partial charge in [0.2, 0.25) is 0 Å². The number of benzene rings is 1. The molecule has 0 unspecified atom stereocenters. The van der Waals surface area contributed by atoms with Crippen LogP contribution in [0.5, 0.6) is 5.75 Å². The largest absolute Gasteiger partial charge is 0.493 e. The topological polar surface area (TPSA) is 35.2 Å². The van der Waals surface area contributed by atoms with E-state index in [-0.39, 0.29) is 5.41 Å². The quantitative estimate of drug-likeness (QED) is 0.815. The van der Waals surface area contributed by atoms with Crippen LogP contribution < -0.4 is 10.5 Å². The van der Waals surface area contributed by atoms with Crippen molar-refractivity contribution in [1.82, 2.24) is 0 Å². The summed E-state index contributed by atoms with van der Waals surface area (Å²) >= 11 is 5.04. The van der Waals surface area contributed by atoms with Crippen LogP contribution in [0.2, 0.25) is 0 Å². The fourth-order valence-electron chi connectivity index (χ4n) is 1.56. The minimum atomic E-state index is -0.147.